The van der Waals surface area contributed by atoms with Gasteiger partial charge in [0.15, 0.2) is 0 Å². The van der Waals surface area contributed by atoms with Crippen molar-refractivity contribution < 1.29 is 14.0 Å². The molecule has 1 aliphatic heterocycles. The van der Waals surface area contributed by atoms with Gasteiger partial charge in [0.05, 0.1) is 5.41 Å². The van der Waals surface area contributed by atoms with E-state index in [9.17, 15) is 9.59 Å². The summed E-state index contributed by atoms with van der Waals surface area (Å²) in [7, 11) is -2.71. The van der Waals surface area contributed by atoms with E-state index in [1.54, 1.807) is 0 Å². The first-order chi connectivity index (χ1) is 19.7. The van der Waals surface area contributed by atoms with Gasteiger partial charge in [-0.3, -0.25) is 14.5 Å². The number of imide groups is 1. The van der Waals surface area contributed by atoms with Crippen LogP contribution in [0.2, 0.25) is 5.04 Å². The van der Waals surface area contributed by atoms with Gasteiger partial charge in [-0.15, -0.1) is 0 Å². The van der Waals surface area contributed by atoms with Gasteiger partial charge in [-0.25, -0.2) is 0 Å². The van der Waals surface area contributed by atoms with Crippen molar-refractivity contribution >= 4 is 41.4 Å². The third-order valence-electron chi connectivity index (χ3n) is 9.09. The fraction of sp³-hybridized carbons (Fsp3) is 0.371. The monoisotopic (exact) mass is 566 g/mol. The number of likely N-dealkylation sites (tertiary alicyclic amines) is 1. The molecular formula is C35H42N2O3Si. The van der Waals surface area contributed by atoms with Crippen molar-refractivity contribution in [3.63, 3.8) is 0 Å². The van der Waals surface area contributed by atoms with E-state index in [1.807, 2.05) is 36.5 Å². The summed E-state index contributed by atoms with van der Waals surface area (Å²) in [4.78, 5) is 31.9. The zero-order valence-electron chi connectivity index (χ0n) is 24.8. The maximum absolute atomic E-state index is 14.1. The highest BCUT2D eigenvalue weighted by molar-refractivity contribution is 6.99. The van der Waals surface area contributed by atoms with Crippen LogP contribution in [0.1, 0.15) is 58.9 Å². The molecule has 0 aliphatic carbocycles. The number of fused-ring (bicyclic) bond motifs is 1. The number of carbonyl (C=O) groups is 2. The average Bonchev–Trinajstić information content (AvgIpc) is 3.40. The molecule has 1 saturated heterocycles. The van der Waals surface area contributed by atoms with Gasteiger partial charge in [0, 0.05) is 36.7 Å². The first-order valence-electron chi connectivity index (χ1n) is 14.9. The van der Waals surface area contributed by atoms with Crippen LogP contribution >= 0.6 is 0 Å². The summed E-state index contributed by atoms with van der Waals surface area (Å²) < 4.78 is 7.15. The highest BCUT2D eigenvalue weighted by atomic mass is 28.4. The van der Waals surface area contributed by atoms with Crippen molar-refractivity contribution in [1.82, 2.24) is 9.88 Å². The zero-order chi connectivity index (χ0) is 29.1. The number of benzene rings is 3. The molecular weight excluding hydrogens is 524 g/mol. The van der Waals surface area contributed by atoms with Crippen LogP contribution in [0, 0.1) is 5.41 Å². The Bertz CT molecular complexity index is 1450. The predicted octanol–water partition coefficient (Wildman–Crippen LogP) is 6.22. The van der Waals surface area contributed by atoms with Crippen molar-refractivity contribution in [1.29, 1.82) is 0 Å². The lowest BCUT2D eigenvalue weighted by Crippen LogP contribution is -2.66. The summed E-state index contributed by atoms with van der Waals surface area (Å²) in [5.74, 6) is -0.103. The fourth-order valence-electron chi connectivity index (χ4n) is 6.68. The van der Waals surface area contributed by atoms with E-state index < -0.39 is 13.7 Å². The van der Waals surface area contributed by atoms with Crippen LogP contribution in [-0.4, -0.2) is 43.2 Å². The molecule has 0 bridgehead atoms. The molecule has 6 heteroatoms. The highest BCUT2D eigenvalue weighted by Gasteiger charge is 2.51. The number of H-pyrrole nitrogens is 1. The SMILES string of the molecule is CC[C@@]1(CCO[Si](c2ccccc2)(c2ccccc2)C(C)(C)C)CCC(=O)N(CCc2c[nH]c3ccccc23)C1=O. The lowest BCUT2D eigenvalue weighted by atomic mass is 9.74. The molecule has 2 heterocycles. The second-order valence-electron chi connectivity index (χ2n) is 12.4. The lowest BCUT2D eigenvalue weighted by molar-refractivity contribution is -0.158. The molecule has 41 heavy (non-hydrogen) atoms. The minimum atomic E-state index is -2.71. The third-order valence-corrected chi connectivity index (χ3v) is 14.1. The van der Waals surface area contributed by atoms with Crippen molar-refractivity contribution in [2.75, 3.05) is 13.2 Å². The predicted molar refractivity (Wildman–Crippen MR) is 169 cm³/mol. The Labute approximate surface area is 245 Å². The van der Waals surface area contributed by atoms with Gasteiger partial charge in [0.25, 0.3) is 8.32 Å². The average molecular weight is 567 g/mol. The molecule has 5 rings (SSSR count). The van der Waals surface area contributed by atoms with E-state index in [0.717, 1.165) is 16.5 Å². The first-order valence-corrected chi connectivity index (χ1v) is 16.8. The van der Waals surface area contributed by atoms with Gasteiger partial charge in [-0.2, -0.15) is 0 Å². The smallest absolute Gasteiger partial charge is 0.261 e. The molecule has 5 nitrogen and oxygen atoms in total. The second kappa shape index (κ2) is 11.8. The summed E-state index contributed by atoms with van der Waals surface area (Å²) in [6, 6.07) is 29.4. The first kappa shape index (κ1) is 29.0. The molecule has 1 atom stereocenters. The second-order valence-corrected chi connectivity index (χ2v) is 16.7. The number of piperidine rings is 1. The van der Waals surface area contributed by atoms with Gasteiger partial charge in [0.2, 0.25) is 11.8 Å². The van der Waals surface area contributed by atoms with Crippen molar-refractivity contribution in [2.45, 2.75) is 64.8 Å². The van der Waals surface area contributed by atoms with Gasteiger partial charge < -0.3 is 9.41 Å². The molecule has 1 aliphatic rings. The molecule has 1 N–H and O–H groups in total. The van der Waals surface area contributed by atoms with E-state index >= 15 is 0 Å². The molecule has 214 valence electrons. The number of aromatic amines is 1. The number of rotatable bonds is 10. The van der Waals surface area contributed by atoms with E-state index in [-0.39, 0.29) is 16.9 Å². The summed E-state index contributed by atoms with van der Waals surface area (Å²) >= 11 is 0. The van der Waals surface area contributed by atoms with Crippen LogP contribution in [0.25, 0.3) is 10.9 Å². The van der Waals surface area contributed by atoms with Crippen LogP contribution in [-0.2, 0) is 20.4 Å². The summed E-state index contributed by atoms with van der Waals surface area (Å²) in [5.41, 5.74) is 1.60. The Morgan fingerprint density at radius 1 is 0.902 bits per heavy atom. The number of hydrogen-bond donors (Lipinski definition) is 1. The molecule has 4 aromatic rings. The van der Waals surface area contributed by atoms with Crippen LogP contribution in [0.5, 0.6) is 0 Å². The Balaban J connectivity index is 1.38. The topological polar surface area (TPSA) is 62.4 Å². The van der Waals surface area contributed by atoms with Gasteiger partial charge in [-0.1, -0.05) is 107 Å². The Hall–Kier alpha value is -3.48. The van der Waals surface area contributed by atoms with E-state index in [1.165, 1.54) is 15.3 Å². The number of nitrogens with one attached hydrogen (secondary N) is 1. The Kier molecular flexibility index (Phi) is 8.34. The number of carbonyl (C=O) groups excluding carboxylic acids is 2. The van der Waals surface area contributed by atoms with Gasteiger partial charge >= 0.3 is 0 Å². The number of aromatic nitrogens is 1. The molecule has 0 radical (unpaired) electrons. The van der Waals surface area contributed by atoms with Crippen molar-refractivity contribution in [3.8, 4) is 0 Å². The minimum absolute atomic E-state index is 0.0397. The highest BCUT2D eigenvalue weighted by Crippen LogP contribution is 2.41. The number of amides is 2. The molecule has 3 aromatic carbocycles. The van der Waals surface area contributed by atoms with Crippen LogP contribution in [0.3, 0.4) is 0 Å². The van der Waals surface area contributed by atoms with E-state index in [2.05, 4.69) is 87.3 Å². The zero-order valence-corrected chi connectivity index (χ0v) is 25.8. The third kappa shape index (κ3) is 5.43. The van der Waals surface area contributed by atoms with Crippen LogP contribution in [0.4, 0.5) is 0 Å². The standard InChI is InChI=1S/C35H42N2O3Si/c1-5-35(22-20-32(38)37(33(35)39)24-21-27-26-36-31-19-13-12-18-30(27)31)23-25-40-41(34(2,3)4,28-14-8-6-9-15-28)29-16-10-7-11-17-29/h6-19,26,36H,5,20-25H2,1-4H3/t35-/m0/s1. The quantitative estimate of drug-likeness (QED) is 0.183. The van der Waals surface area contributed by atoms with Crippen LogP contribution < -0.4 is 10.4 Å². The Morgan fingerprint density at radius 3 is 2.12 bits per heavy atom. The van der Waals surface area contributed by atoms with E-state index in [4.69, 9.17) is 4.43 Å². The van der Waals surface area contributed by atoms with E-state index in [0.29, 0.717) is 45.3 Å². The molecule has 2 amide bonds. The molecule has 1 aromatic heterocycles. The maximum Gasteiger partial charge on any atom is 0.261 e. The van der Waals surface area contributed by atoms with Crippen molar-refractivity contribution in [2.24, 2.45) is 5.41 Å². The fourth-order valence-corrected chi connectivity index (χ4v) is 11.2. The summed E-state index contributed by atoms with van der Waals surface area (Å²) in [6.45, 7) is 9.76. The maximum atomic E-state index is 14.1. The molecule has 1 fully saturated rings. The minimum Gasteiger partial charge on any atom is -0.407 e. The molecule has 0 spiro atoms. The van der Waals surface area contributed by atoms with Gasteiger partial charge in [0.1, 0.15) is 0 Å². The number of para-hydroxylation sites is 1. The summed E-state index contributed by atoms with van der Waals surface area (Å²) in [6.07, 6.45) is 4.90. The molecule has 0 unspecified atom stereocenters. The summed E-state index contributed by atoms with van der Waals surface area (Å²) in [5, 5.41) is 3.47. The normalized spacial score (nSPS) is 18.3. The van der Waals surface area contributed by atoms with Gasteiger partial charge in [-0.05, 0) is 52.7 Å². The Morgan fingerprint density at radius 2 is 1.51 bits per heavy atom. The van der Waals surface area contributed by atoms with Crippen molar-refractivity contribution in [3.05, 3.63) is 96.7 Å². The lowest BCUT2D eigenvalue weighted by Gasteiger charge is -2.45. The van der Waals surface area contributed by atoms with Crippen LogP contribution in [0.15, 0.2) is 91.1 Å². The number of nitrogens with zero attached hydrogens (tertiary/aromatic N) is 1. The number of hydrogen-bond acceptors (Lipinski definition) is 3. The largest absolute Gasteiger partial charge is 0.407 e. The molecule has 0 saturated carbocycles.